The van der Waals surface area contributed by atoms with E-state index in [-0.39, 0.29) is 12.3 Å². The van der Waals surface area contributed by atoms with Crippen molar-refractivity contribution < 1.29 is 14.7 Å². The van der Waals surface area contributed by atoms with Crippen LogP contribution in [0.2, 0.25) is 0 Å². The van der Waals surface area contributed by atoms with Gasteiger partial charge in [-0.3, -0.25) is 14.7 Å². The Morgan fingerprint density at radius 1 is 1.58 bits per heavy atom. The van der Waals surface area contributed by atoms with Gasteiger partial charge in [0, 0.05) is 26.1 Å². The first-order valence-electron chi connectivity index (χ1n) is 5.88. The van der Waals surface area contributed by atoms with Gasteiger partial charge in [-0.05, 0) is 0 Å². The second-order valence-corrected chi connectivity index (χ2v) is 4.14. The van der Waals surface area contributed by atoms with Crippen LogP contribution < -0.4 is 5.32 Å². The van der Waals surface area contributed by atoms with Gasteiger partial charge in [0.25, 0.3) is 0 Å². The minimum Gasteiger partial charge on any atom is -0.480 e. The van der Waals surface area contributed by atoms with Crippen LogP contribution in [0.15, 0.2) is 17.5 Å². The van der Waals surface area contributed by atoms with Crippen molar-refractivity contribution in [2.75, 3.05) is 13.1 Å². The van der Waals surface area contributed by atoms with Crippen LogP contribution in [0.3, 0.4) is 0 Å². The minimum absolute atomic E-state index is 0.124. The highest BCUT2D eigenvalue weighted by Crippen LogP contribution is 2.10. The number of nitrogens with zero attached hydrogens (tertiary/aromatic N) is 3. The summed E-state index contributed by atoms with van der Waals surface area (Å²) < 4.78 is 0. The summed E-state index contributed by atoms with van der Waals surface area (Å²) in [6, 6.07) is -1.02. The number of rotatable bonds is 4. The third-order valence-corrected chi connectivity index (χ3v) is 2.78. The molecule has 0 aromatic carbocycles. The third-order valence-electron chi connectivity index (χ3n) is 2.78. The lowest BCUT2D eigenvalue weighted by molar-refractivity contribution is -0.146. The van der Waals surface area contributed by atoms with Crippen LogP contribution in [0.4, 0.5) is 0 Å². The molecular formula is C11H15N5O3. The molecule has 19 heavy (non-hydrogen) atoms. The zero-order chi connectivity index (χ0) is 13.8. The second-order valence-electron chi connectivity index (χ2n) is 4.14. The average Bonchev–Trinajstić information content (AvgIpc) is 2.99. The second kappa shape index (κ2) is 5.51. The molecule has 8 nitrogen and oxygen atoms in total. The molecule has 0 radical (unpaired) electrons. The van der Waals surface area contributed by atoms with E-state index in [0.717, 1.165) is 0 Å². The number of hydrogen-bond donors (Lipinski definition) is 3. The number of guanidine groups is 1. The number of aliphatic imine (C=N–C) groups is 1. The highest BCUT2D eigenvalue weighted by atomic mass is 16.4. The zero-order valence-corrected chi connectivity index (χ0v) is 10.5. The lowest BCUT2D eigenvalue weighted by Gasteiger charge is -2.27. The number of nitrogens with one attached hydrogen (secondary N) is 2. The zero-order valence-electron chi connectivity index (χ0n) is 10.5. The number of carbonyl (C=O) groups excluding carboxylic acids is 1. The van der Waals surface area contributed by atoms with Gasteiger partial charge in [0.15, 0.2) is 0 Å². The van der Waals surface area contributed by atoms with Gasteiger partial charge in [-0.2, -0.15) is 0 Å². The van der Waals surface area contributed by atoms with Crippen molar-refractivity contribution in [2.45, 2.75) is 19.4 Å². The maximum Gasteiger partial charge on any atom is 0.327 e. The van der Waals surface area contributed by atoms with Crippen LogP contribution in [-0.2, 0) is 16.0 Å². The van der Waals surface area contributed by atoms with E-state index in [9.17, 15) is 14.7 Å². The summed E-state index contributed by atoms with van der Waals surface area (Å²) in [6.45, 7) is 2.46. The molecule has 0 fully saturated rings. The summed E-state index contributed by atoms with van der Waals surface area (Å²) in [7, 11) is 0. The number of hydrogen-bond acceptors (Lipinski definition) is 5. The van der Waals surface area contributed by atoms with Crippen LogP contribution in [0.1, 0.15) is 12.6 Å². The Bertz CT molecular complexity index is 496. The Labute approximate surface area is 109 Å². The maximum absolute atomic E-state index is 11.7. The Balaban J connectivity index is 2.24. The molecule has 2 heterocycles. The Hall–Kier alpha value is -2.38. The molecule has 1 atom stereocenters. The van der Waals surface area contributed by atoms with E-state index in [1.165, 1.54) is 18.2 Å². The van der Waals surface area contributed by atoms with E-state index >= 15 is 0 Å². The van der Waals surface area contributed by atoms with Gasteiger partial charge < -0.3 is 15.4 Å². The average molecular weight is 265 g/mol. The normalized spacial score (nSPS) is 15.5. The predicted molar refractivity (Wildman–Crippen MR) is 66.5 cm³/mol. The number of carboxylic acid groups (broad SMARTS) is 1. The van der Waals surface area contributed by atoms with Crippen LogP contribution in [0, 0.1) is 0 Å². The van der Waals surface area contributed by atoms with E-state index in [0.29, 0.717) is 24.7 Å². The fourth-order valence-corrected chi connectivity index (χ4v) is 1.95. The number of carboxylic acids is 1. The van der Waals surface area contributed by atoms with Crippen molar-refractivity contribution in [1.82, 2.24) is 20.2 Å². The monoisotopic (exact) mass is 265 g/mol. The van der Waals surface area contributed by atoms with E-state index in [4.69, 9.17) is 0 Å². The van der Waals surface area contributed by atoms with Crippen LogP contribution in [0.25, 0.3) is 0 Å². The predicted octanol–water partition coefficient (Wildman–Crippen LogP) is -0.787. The molecule has 2 rings (SSSR count). The van der Waals surface area contributed by atoms with Gasteiger partial charge in [-0.15, -0.1) is 0 Å². The maximum atomic E-state index is 11.7. The number of imidazole rings is 1. The standard InChI is InChI=1S/C11H15N5O3/c1-7(17)16(11-13-2-3-14-11)9(10(18)19)4-8-5-12-6-15-8/h5-6,9H,2-4H2,1H3,(H,12,15)(H,13,14)(H,18,19)/t9-/m0/s1. The lowest BCUT2D eigenvalue weighted by atomic mass is 10.1. The topological polar surface area (TPSA) is 111 Å². The molecule has 102 valence electrons. The van der Waals surface area contributed by atoms with Gasteiger partial charge in [0.05, 0.1) is 18.6 Å². The molecule has 1 aromatic rings. The van der Waals surface area contributed by atoms with Crippen molar-refractivity contribution >= 4 is 17.8 Å². The molecule has 1 amide bonds. The van der Waals surface area contributed by atoms with Crippen molar-refractivity contribution in [2.24, 2.45) is 4.99 Å². The fourth-order valence-electron chi connectivity index (χ4n) is 1.95. The van der Waals surface area contributed by atoms with Crippen LogP contribution >= 0.6 is 0 Å². The van der Waals surface area contributed by atoms with Crippen LogP contribution in [-0.4, -0.2) is 56.9 Å². The van der Waals surface area contributed by atoms with E-state index in [1.807, 2.05) is 0 Å². The smallest absolute Gasteiger partial charge is 0.327 e. The van der Waals surface area contributed by atoms with Crippen molar-refractivity contribution in [3.8, 4) is 0 Å². The summed E-state index contributed by atoms with van der Waals surface area (Å²) in [5, 5.41) is 12.3. The quantitative estimate of drug-likeness (QED) is 0.661. The first kappa shape index (κ1) is 13.1. The molecule has 1 aliphatic rings. The number of amides is 1. The molecule has 1 aliphatic heterocycles. The molecule has 0 saturated carbocycles. The van der Waals surface area contributed by atoms with Gasteiger partial charge >= 0.3 is 5.97 Å². The highest BCUT2D eigenvalue weighted by molar-refractivity contribution is 6.00. The van der Waals surface area contributed by atoms with Gasteiger partial charge in [-0.1, -0.05) is 0 Å². The first-order chi connectivity index (χ1) is 9.09. The molecule has 1 aromatic heterocycles. The molecular weight excluding hydrogens is 250 g/mol. The third kappa shape index (κ3) is 2.90. The number of carbonyl (C=O) groups is 2. The molecule has 0 unspecified atom stereocenters. The van der Waals surface area contributed by atoms with E-state index < -0.39 is 12.0 Å². The van der Waals surface area contributed by atoms with Crippen molar-refractivity contribution in [3.63, 3.8) is 0 Å². The largest absolute Gasteiger partial charge is 0.480 e. The number of aliphatic carboxylic acids is 1. The molecule has 8 heteroatoms. The van der Waals surface area contributed by atoms with Gasteiger partial charge in [0.2, 0.25) is 11.9 Å². The first-order valence-corrected chi connectivity index (χ1v) is 5.88. The van der Waals surface area contributed by atoms with Gasteiger partial charge in [-0.25, -0.2) is 9.78 Å². The van der Waals surface area contributed by atoms with E-state index in [2.05, 4.69) is 20.3 Å². The summed E-state index contributed by atoms with van der Waals surface area (Å²) in [5.41, 5.74) is 0.581. The molecule has 0 spiro atoms. The number of H-pyrrole nitrogens is 1. The number of aromatic amines is 1. The highest BCUT2D eigenvalue weighted by Gasteiger charge is 2.33. The summed E-state index contributed by atoms with van der Waals surface area (Å²) in [5.74, 6) is -1.14. The Morgan fingerprint density at radius 3 is 2.84 bits per heavy atom. The van der Waals surface area contributed by atoms with Crippen molar-refractivity contribution in [1.29, 1.82) is 0 Å². The summed E-state index contributed by atoms with van der Waals surface area (Å²) in [6.07, 6.45) is 3.20. The fraction of sp³-hybridized carbons (Fsp3) is 0.455. The molecule has 0 aliphatic carbocycles. The SMILES string of the molecule is CC(=O)N(C1=NCCN1)[C@@H](Cc1c[nH]cn1)C(=O)O. The summed E-state index contributed by atoms with van der Waals surface area (Å²) >= 11 is 0. The van der Waals surface area contributed by atoms with E-state index in [1.54, 1.807) is 6.20 Å². The summed E-state index contributed by atoms with van der Waals surface area (Å²) in [4.78, 5) is 35.2. The molecule has 0 saturated heterocycles. The Morgan fingerprint density at radius 2 is 2.37 bits per heavy atom. The Kier molecular flexibility index (Phi) is 3.79. The minimum atomic E-state index is -1.09. The molecule has 3 N–H and O–H groups in total. The lowest BCUT2D eigenvalue weighted by Crippen LogP contribution is -2.52. The van der Waals surface area contributed by atoms with Crippen molar-refractivity contribution in [3.05, 3.63) is 18.2 Å². The number of aromatic nitrogens is 2. The van der Waals surface area contributed by atoms with Gasteiger partial charge in [0.1, 0.15) is 6.04 Å². The van der Waals surface area contributed by atoms with Crippen LogP contribution in [0.5, 0.6) is 0 Å². The molecule has 0 bridgehead atoms.